The number of rotatable bonds is 4. The Kier molecular flexibility index (Phi) is 5.17. The molecule has 1 atom stereocenters. The van der Waals surface area contributed by atoms with Crippen LogP contribution in [0.3, 0.4) is 0 Å². The van der Waals surface area contributed by atoms with Crippen LogP contribution in [0.2, 0.25) is 5.02 Å². The molecule has 1 amide bonds. The maximum atomic E-state index is 11.7. The third-order valence-corrected chi connectivity index (χ3v) is 3.08. The zero-order valence-corrected chi connectivity index (χ0v) is 13.0. The van der Waals surface area contributed by atoms with Gasteiger partial charge >= 0.3 is 6.09 Å². The number of carbonyl (C=O) groups is 2. The van der Waals surface area contributed by atoms with Gasteiger partial charge in [-0.25, -0.2) is 4.79 Å². The number of halogens is 1. The Morgan fingerprint density at radius 1 is 1.30 bits per heavy atom. The molecule has 1 aromatic carbocycles. The molecule has 1 aromatic rings. The molecule has 0 spiro atoms. The molecule has 1 unspecified atom stereocenters. The van der Waals surface area contributed by atoms with Crippen molar-refractivity contribution >= 4 is 24.0 Å². The van der Waals surface area contributed by atoms with E-state index >= 15 is 0 Å². The van der Waals surface area contributed by atoms with E-state index < -0.39 is 17.1 Å². The molecule has 5 heteroatoms. The normalized spacial score (nSPS) is 14.2. The third-order valence-electron chi connectivity index (χ3n) is 2.75. The molecule has 0 saturated heterocycles. The van der Waals surface area contributed by atoms with E-state index in [-0.39, 0.29) is 6.54 Å². The van der Waals surface area contributed by atoms with Crippen molar-refractivity contribution in [2.24, 2.45) is 0 Å². The Morgan fingerprint density at radius 2 is 1.90 bits per heavy atom. The van der Waals surface area contributed by atoms with E-state index in [1.807, 2.05) is 0 Å². The van der Waals surface area contributed by atoms with Crippen molar-refractivity contribution in [3.05, 3.63) is 34.9 Å². The van der Waals surface area contributed by atoms with Crippen molar-refractivity contribution in [3.63, 3.8) is 0 Å². The Morgan fingerprint density at radius 3 is 2.40 bits per heavy atom. The molecule has 0 aliphatic rings. The average molecular weight is 298 g/mol. The fourth-order valence-corrected chi connectivity index (χ4v) is 2.05. The number of alkyl carbamates (subject to hydrolysis) is 1. The van der Waals surface area contributed by atoms with Gasteiger partial charge in [-0.1, -0.05) is 29.8 Å². The first-order chi connectivity index (χ1) is 9.18. The van der Waals surface area contributed by atoms with Gasteiger partial charge in [0.05, 0.1) is 5.41 Å². The minimum absolute atomic E-state index is 0.120. The quantitative estimate of drug-likeness (QED) is 0.867. The number of ether oxygens (including phenoxy) is 1. The lowest BCUT2D eigenvalue weighted by atomic mass is 9.84. The van der Waals surface area contributed by atoms with Gasteiger partial charge in [0.2, 0.25) is 0 Å². The summed E-state index contributed by atoms with van der Waals surface area (Å²) in [5, 5.41) is 3.10. The van der Waals surface area contributed by atoms with Crippen LogP contribution in [-0.4, -0.2) is 24.5 Å². The molecule has 20 heavy (non-hydrogen) atoms. The fraction of sp³-hybridized carbons (Fsp3) is 0.467. The number of hydrogen-bond acceptors (Lipinski definition) is 3. The van der Waals surface area contributed by atoms with Crippen molar-refractivity contribution in [2.45, 2.75) is 38.7 Å². The second-order valence-electron chi connectivity index (χ2n) is 5.87. The minimum atomic E-state index is -0.894. The number of nitrogens with one attached hydrogen (secondary N) is 1. The van der Waals surface area contributed by atoms with Gasteiger partial charge in [-0.3, -0.25) is 0 Å². The Balaban J connectivity index is 2.79. The first-order valence-corrected chi connectivity index (χ1v) is 6.74. The van der Waals surface area contributed by atoms with Gasteiger partial charge in [0.25, 0.3) is 0 Å². The van der Waals surface area contributed by atoms with Gasteiger partial charge < -0.3 is 14.8 Å². The standard InChI is InChI=1S/C15H20ClNO3/c1-14(2,3)20-13(19)17-9-15(4,10-18)11-7-5-6-8-12(11)16/h5-8,10H,9H2,1-4H3,(H,17,19). The van der Waals surface area contributed by atoms with Crippen molar-refractivity contribution in [1.82, 2.24) is 5.32 Å². The highest BCUT2D eigenvalue weighted by Crippen LogP contribution is 2.28. The molecule has 110 valence electrons. The topological polar surface area (TPSA) is 55.4 Å². The van der Waals surface area contributed by atoms with Gasteiger partial charge in [0.1, 0.15) is 11.9 Å². The Hall–Kier alpha value is -1.55. The van der Waals surface area contributed by atoms with E-state index in [0.29, 0.717) is 10.6 Å². The molecule has 1 N–H and O–H groups in total. The number of aldehydes is 1. The zero-order valence-electron chi connectivity index (χ0n) is 12.2. The van der Waals surface area contributed by atoms with Crippen LogP contribution in [0.4, 0.5) is 4.79 Å². The zero-order chi connectivity index (χ0) is 15.4. The summed E-state index contributed by atoms with van der Waals surface area (Å²) in [6.45, 7) is 7.17. The molecular weight excluding hydrogens is 278 g/mol. The number of carbonyl (C=O) groups excluding carboxylic acids is 2. The number of hydrogen-bond donors (Lipinski definition) is 1. The SMILES string of the molecule is CC(C)(C)OC(=O)NCC(C)(C=O)c1ccccc1Cl. The van der Waals surface area contributed by atoms with Gasteiger partial charge in [-0.2, -0.15) is 0 Å². The maximum absolute atomic E-state index is 11.7. The van der Waals surface area contributed by atoms with Crippen LogP contribution < -0.4 is 5.32 Å². The predicted molar refractivity (Wildman–Crippen MR) is 79.1 cm³/mol. The third kappa shape index (κ3) is 4.53. The van der Waals surface area contributed by atoms with Crippen molar-refractivity contribution < 1.29 is 14.3 Å². The van der Waals surface area contributed by atoms with Crippen LogP contribution in [0.25, 0.3) is 0 Å². The smallest absolute Gasteiger partial charge is 0.407 e. The van der Waals surface area contributed by atoms with Gasteiger partial charge in [0, 0.05) is 11.6 Å². The first kappa shape index (κ1) is 16.5. The van der Waals surface area contributed by atoms with Crippen LogP contribution in [-0.2, 0) is 14.9 Å². The van der Waals surface area contributed by atoms with E-state index in [0.717, 1.165) is 6.29 Å². The average Bonchev–Trinajstić information content (AvgIpc) is 2.34. The lowest BCUT2D eigenvalue weighted by molar-refractivity contribution is -0.112. The monoisotopic (exact) mass is 297 g/mol. The first-order valence-electron chi connectivity index (χ1n) is 6.36. The van der Waals surface area contributed by atoms with Crippen molar-refractivity contribution in [1.29, 1.82) is 0 Å². The number of benzene rings is 1. The van der Waals surface area contributed by atoms with E-state index in [9.17, 15) is 9.59 Å². The highest BCUT2D eigenvalue weighted by molar-refractivity contribution is 6.31. The van der Waals surface area contributed by atoms with Crippen LogP contribution >= 0.6 is 11.6 Å². The lowest BCUT2D eigenvalue weighted by Crippen LogP contribution is -2.42. The molecule has 0 aliphatic carbocycles. The molecule has 0 heterocycles. The Bertz CT molecular complexity index is 496. The summed E-state index contributed by atoms with van der Waals surface area (Å²) in [7, 11) is 0. The van der Waals surface area contributed by atoms with Crippen LogP contribution in [0.15, 0.2) is 24.3 Å². The molecule has 0 bridgehead atoms. The highest BCUT2D eigenvalue weighted by Gasteiger charge is 2.29. The van der Waals surface area contributed by atoms with E-state index in [4.69, 9.17) is 16.3 Å². The van der Waals surface area contributed by atoms with Crippen molar-refractivity contribution in [2.75, 3.05) is 6.54 Å². The molecule has 1 rings (SSSR count). The van der Waals surface area contributed by atoms with Crippen LogP contribution in [0.5, 0.6) is 0 Å². The lowest BCUT2D eigenvalue weighted by Gasteiger charge is -2.26. The largest absolute Gasteiger partial charge is 0.444 e. The van der Waals surface area contributed by atoms with Crippen LogP contribution in [0, 0.1) is 0 Å². The number of amides is 1. The van der Waals surface area contributed by atoms with Crippen LogP contribution in [0.1, 0.15) is 33.3 Å². The highest BCUT2D eigenvalue weighted by atomic mass is 35.5. The minimum Gasteiger partial charge on any atom is -0.444 e. The summed E-state index contributed by atoms with van der Waals surface area (Å²) in [5.41, 5.74) is -0.797. The molecule has 4 nitrogen and oxygen atoms in total. The van der Waals surface area contributed by atoms with Crippen molar-refractivity contribution in [3.8, 4) is 0 Å². The molecule has 0 radical (unpaired) electrons. The predicted octanol–water partition coefficient (Wildman–Crippen LogP) is 3.32. The second kappa shape index (κ2) is 6.27. The van der Waals surface area contributed by atoms with Gasteiger partial charge in [-0.15, -0.1) is 0 Å². The summed E-state index contributed by atoms with van der Waals surface area (Å²) in [6, 6.07) is 7.08. The maximum Gasteiger partial charge on any atom is 0.407 e. The summed E-state index contributed by atoms with van der Waals surface area (Å²) in [5.74, 6) is 0. The summed E-state index contributed by atoms with van der Waals surface area (Å²) in [4.78, 5) is 23.1. The van der Waals surface area contributed by atoms with E-state index in [1.54, 1.807) is 52.0 Å². The Labute approximate surface area is 124 Å². The van der Waals surface area contributed by atoms with Gasteiger partial charge in [-0.05, 0) is 39.3 Å². The van der Waals surface area contributed by atoms with Gasteiger partial charge in [0.15, 0.2) is 0 Å². The molecule has 0 fully saturated rings. The second-order valence-corrected chi connectivity index (χ2v) is 6.28. The summed E-state index contributed by atoms with van der Waals surface area (Å²) >= 11 is 6.11. The molecule has 0 aromatic heterocycles. The van der Waals surface area contributed by atoms with E-state index in [1.165, 1.54) is 0 Å². The molecule has 0 aliphatic heterocycles. The summed E-state index contributed by atoms with van der Waals surface area (Å²) in [6.07, 6.45) is 0.226. The fourth-order valence-electron chi connectivity index (χ4n) is 1.69. The molecule has 0 saturated carbocycles. The molecular formula is C15H20ClNO3. The van der Waals surface area contributed by atoms with E-state index in [2.05, 4.69) is 5.32 Å². The summed E-state index contributed by atoms with van der Waals surface area (Å²) < 4.78 is 5.14.